The van der Waals surface area contributed by atoms with E-state index in [1.54, 1.807) is 30.3 Å². The molecule has 0 unspecified atom stereocenters. The summed E-state index contributed by atoms with van der Waals surface area (Å²) in [6.45, 7) is 0. The molecule has 0 atom stereocenters. The average Bonchev–Trinajstić information content (AvgIpc) is 2.77. The number of hydrogen-bond acceptors (Lipinski definition) is 6. The Morgan fingerprint density at radius 1 is 1.13 bits per heavy atom. The maximum Gasteiger partial charge on any atom is 0.357 e. The van der Waals surface area contributed by atoms with E-state index < -0.39 is 17.2 Å². The van der Waals surface area contributed by atoms with Crippen LogP contribution in [0.5, 0.6) is 11.5 Å². The highest BCUT2D eigenvalue weighted by Crippen LogP contribution is 2.28. The third kappa shape index (κ3) is 4.42. The first-order valence-electron chi connectivity index (χ1n) is 8.86. The summed E-state index contributed by atoms with van der Waals surface area (Å²) in [5.74, 6) is -0.387. The van der Waals surface area contributed by atoms with Gasteiger partial charge in [-0.2, -0.15) is 15.0 Å². The first-order chi connectivity index (χ1) is 14.9. The molecule has 3 rings (SSSR count). The fourth-order valence-corrected chi connectivity index (χ4v) is 2.99. The van der Waals surface area contributed by atoms with Crippen LogP contribution in [0, 0.1) is 11.3 Å². The van der Waals surface area contributed by atoms with Crippen molar-refractivity contribution in [3.05, 3.63) is 80.2 Å². The van der Waals surface area contributed by atoms with Crippen molar-refractivity contribution in [2.45, 2.75) is 0 Å². The molecule has 1 heterocycles. The van der Waals surface area contributed by atoms with Crippen molar-refractivity contribution in [1.82, 2.24) is 9.78 Å². The minimum absolute atomic E-state index is 0.0972. The number of carbonyl (C=O) groups is 1. The van der Waals surface area contributed by atoms with Crippen molar-refractivity contribution in [1.29, 1.82) is 5.26 Å². The Bertz CT molecular complexity index is 1270. The van der Waals surface area contributed by atoms with Crippen molar-refractivity contribution >= 4 is 29.7 Å². The lowest BCUT2D eigenvalue weighted by Crippen LogP contribution is -2.28. The highest BCUT2D eigenvalue weighted by atomic mass is 35.5. The van der Waals surface area contributed by atoms with Crippen molar-refractivity contribution < 1.29 is 19.4 Å². The summed E-state index contributed by atoms with van der Waals surface area (Å²) in [6.07, 6.45) is 2.92. The van der Waals surface area contributed by atoms with E-state index in [0.29, 0.717) is 22.1 Å². The summed E-state index contributed by atoms with van der Waals surface area (Å²) in [5, 5.41) is 23.7. The van der Waals surface area contributed by atoms with Crippen LogP contribution in [0.15, 0.2) is 47.3 Å². The number of ether oxygens (including phenoxy) is 2. The summed E-state index contributed by atoms with van der Waals surface area (Å²) < 4.78 is 11.3. The SMILES string of the molecule is COc1ccc(/C=C\c2c(C(=O)O)nn(-c3ccc(Cl)cc3)c(=O)c2C#N)cc1OC. The maximum absolute atomic E-state index is 12.9. The molecule has 2 aromatic carbocycles. The molecule has 31 heavy (non-hydrogen) atoms. The Morgan fingerprint density at radius 2 is 1.81 bits per heavy atom. The number of halogens is 1. The number of rotatable bonds is 6. The number of hydrogen-bond donors (Lipinski definition) is 1. The zero-order chi connectivity index (χ0) is 22.5. The lowest BCUT2D eigenvalue weighted by molar-refractivity contribution is 0.0688. The Morgan fingerprint density at radius 3 is 2.39 bits per heavy atom. The summed E-state index contributed by atoms with van der Waals surface area (Å²) in [5.41, 5.74) is -0.715. The summed E-state index contributed by atoms with van der Waals surface area (Å²) >= 11 is 5.86. The van der Waals surface area contributed by atoms with Gasteiger partial charge in [-0.3, -0.25) is 4.79 Å². The van der Waals surface area contributed by atoms with Gasteiger partial charge in [-0.1, -0.05) is 29.8 Å². The van der Waals surface area contributed by atoms with E-state index >= 15 is 0 Å². The van der Waals surface area contributed by atoms with Crippen LogP contribution < -0.4 is 15.0 Å². The second kappa shape index (κ2) is 9.15. The number of carboxylic acid groups (broad SMARTS) is 1. The number of carboxylic acids is 1. The van der Waals surface area contributed by atoms with Crippen molar-refractivity contribution in [3.63, 3.8) is 0 Å². The lowest BCUT2D eigenvalue weighted by Gasteiger charge is -2.10. The molecule has 0 fully saturated rings. The van der Waals surface area contributed by atoms with Crippen LogP contribution in [0.25, 0.3) is 17.8 Å². The number of methoxy groups -OCH3 is 2. The van der Waals surface area contributed by atoms with E-state index in [9.17, 15) is 20.0 Å². The van der Waals surface area contributed by atoms with Gasteiger partial charge < -0.3 is 14.6 Å². The van der Waals surface area contributed by atoms with E-state index in [1.807, 2.05) is 0 Å². The van der Waals surface area contributed by atoms with Gasteiger partial charge in [0.1, 0.15) is 11.6 Å². The molecule has 0 spiro atoms. The van der Waals surface area contributed by atoms with Gasteiger partial charge in [0.05, 0.1) is 19.9 Å². The molecule has 0 bridgehead atoms. The third-order valence-electron chi connectivity index (χ3n) is 4.37. The van der Waals surface area contributed by atoms with Crippen molar-refractivity contribution in [2.75, 3.05) is 14.2 Å². The molecule has 0 radical (unpaired) electrons. The van der Waals surface area contributed by atoms with Crippen molar-refractivity contribution in [3.8, 4) is 23.3 Å². The third-order valence-corrected chi connectivity index (χ3v) is 4.62. The number of nitrogens with zero attached hydrogens (tertiary/aromatic N) is 3. The Kier molecular flexibility index (Phi) is 6.38. The largest absolute Gasteiger partial charge is 0.493 e. The number of aromatic carboxylic acids is 1. The van der Waals surface area contributed by atoms with Crippen LogP contribution in [-0.4, -0.2) is 35.1 Å². The molecule has 9 heteroatoms. The molecule has 1 N–H and O–H groups in total. The molecule has 156 valence electrons. The summed E-state index contributed by atoms with van der Waals surface area (Å²) in [7, 11) is 3.00. The Labute approximate surface area is 182 Å². The zero-order valence-corrected chi connectivity index (χ0v) is 17.3. The van der Waals surface area contributed by atoms with Crippen molar-refractivity contribution in [2.24, 2.45) is 0 Å². The van der Waals surface area contributed by atoms with E-state index in [4.69, 9.17) is 21.1 Å². The second-order valence-electron chi connectivity index (χ2n) is 6.20. The first-order valence-corrected chi connectivity index (χ1v) is 9.24. The Hall–Kier alpha value is -4.09. The standard InChI is InChI=1S/C22H16ClN3O5/c1-30-18-10-4-13(11-19(18)31-2)3-9-16-17(12-24)21(27)26(25-20(16)22(28)29)15-7-5-14(23)6-8-15/h3-11H,1-2H3,(H,28,29)/b9-3-. The predicted octanol–water partition coefficient (Wildman–Crippen LogP) is 3.64. The van der Waals surface area contributed by atoms with Crippen LogP contribution in [-0.2, 0) is 0 Å². The van der Waals surface area contributed by atoms with Crippen LogP contribution in [0.3, 0.4) is 0 Å². The first kappa shape index (κ1) is 21.6. The van der Waals surface area contributed by atoms with Gasteiger partial charge in [0.25, 0.3) is 5.56 Å². The highest BCUT2D eigenvalue weighted by molar-refractivity contribution is 6.30. The summed E-state index contributed by atoms with van der Waals surface area (Å²) in [4.78, 5) is 24.7. The lowest BCUT2D eigenvalue weighted by atomic mass is 10.1. The maximum atomic E-state index is 12.9. The smallest absolute Gasteiger partial charge is 0.357 e. The minimum Gasteiger partial charge on any atom is -0.493 e. The van der Waals surface area contributed by atoms with E-state index in [-0.39, 0.29) is 16.8 Å². The molecule has 3 aromatic rings. The molecular weight excluding hydrogens is 422 g/mol. The topological polar surface area (TPSA) is 114 Å². The van der Waals surface area contributed by atoms with Gasteiger partial charge in [-0.25, -0.2) is 4.79 Å². The van der Waals surface area contributed by atoms with E-state index in [2.05, 4.69) is 5.10 Å². The minimum atomic E-state index is -1.38. The van der Waals surface area contributed by atoms with Crippen LogP contribution >= 0.6 is 11.6 Å². The molecular formula is C22H16ClN3O5. The Balaban J connectivity index is 2.16. The molecule has 0 amide bonds. The molecule has 0 aliphatic rings. The van der Waals surface area contributed by atoms with Crippen LogP contribution in [0.1, 0.15) is 27.2 Å². The van der Waals surface area contributed by atoms with E-state index in [1.165, 1.54) is 44.6 Å². The molecule has 8 nitrogen and oxygen atoms in total. The van der Waals surface area contributed by atoms with Crippen LogP contribution in [0.4, 0.5) is 0 Å². The highest BCUT2D eigenvalue weighted by Gasteiger charge is 2.21. The monoisotopic (exact) mass is 437 g/mol. The zero-order valence-electron chi connectivity index (χ0n) is 16.5. The number of benzene rings is 2. The molecule has 0 saturated heterocycles. The van der Waals surface area contributed by atoms with Gasteiger partial charge in [0.2, 0.25) is 0 Å². The van der Waals surface area contributed by atoms with E-state index in [0.717, 1.165) is 4.68 Å². The fourth-order valence-electron chi connectivity index (χ4n) is 2.86. The normalized spacial score (nSPS) is 10.6. The van der Waals surface area contributed by atoms with Gasteiger partial charge in [0.15, 0.2) is 17.2 Å². The molecule has 0 saturated carbocycles. The average molecular weight is 438 g/mol. The van der Waals surface area contributed by atoms with Gasteiger partial charge in [0, 0.05) is 10.6 Å². The van der Waals surface area contributed by atoms with Gasteiger partial charge >= 0.3 is 5.97 Å². The second-order valence-corrected chi connectivity index (χ2v) is 6.63. The van der Waals surface area contributed by atoms with Crippen LogP contribution in [0.2, 0.25) is 5.02 Å². The number of aromatic nitrogens is 2. The summed E-state index contributed by atoms with van der Waals surface area (Å²) in [6, 6.07) is 12.9. The molecule has 0 aliphatic carbocycles. The molecule has 1 aromatic heterocycles. The predicted molar refractivity (Wildman–Crippen MR) is 115 cm³/mol. The molecule has 0 aliphatic heterocycles. The quantitative estimate of drug-likeness (QED) is 0.625. The fraction of sp³-hybridized carbons (Fsp3) is 0.0909. The van der Waals surface area contributed by atoms with Gasteiger partial charge in [-0.05, 0) is 42.0 Å². The number of nitriles is 1. The van der Waals surface area contributed by atoms with Gasteiger partial charge in [-0.15, -0.1) is 0 Å².